The van der Waals surface area contributed by atoms with Crippen LogP contribution in [-0.4, -0.2) is 7.05 Å². The van der Waals surface area contributed by atoms with Crippen molar-refractivity contribution >= 4 is 17.9 Å². The minimum Gasteiger partial charge on any atom is -0.454 e. The lowest BCUT2D eigenvalue weighted by atomic mass is 10.1. The van der Waals surface area contributed by atoms with Crippen molar-refractivity contribution in [2.75, 3.05) is 12.4 Å². The molecule has 0 atom stereocenters. The highest BCUT2D eigenvalue weighted by atomic mass is 32.1. The summed E-state index contributed by atoms with van der Waals surface area (Å²) in [4.78, 5) is 0. The van der Waals surface area contributed by atoms with Crippen LogP contribution in [-0.2, 0) is 0 Å². The van der Waals surface area contributed by atoms with E-state index in [9.17, 15) is 0 Å². The van der Waals surface area contributed by atoms with Crippen LogP contribution in [0.3, 0.4) is 0 Å². The fourth-order valence-corrected chi connectivity index (χ4v) is 2.57. The third-order valence-electron chi connectivity index (χ3n) is 3.29. The normalized spacial score (nSPS) is 10.3. The molecule has 0 fully saturated rings. The van der Waals surface area contributed by atoms with Gasteiger partial charge in [-0.05, 0) is 0 Å². The summed E-state index contributed by atoms with van der Waals surface area (Å²) in [5.41, 5.74) is 2.87. The van der Waals surface area contributed by atoms with E-state index in [1.54, 1.807) is 0 Å². The zero-order chi connectivity index (χ0) is 14.7. The molecule has 1 N–H and O–H groups in total. The molecule has 3 heteroatoms. The van der Waals surface area contributed by atoms with Crippen molar-refractivity contribution in [2.45, 2.75) is 0 Å². The van der Waals surface area contributed by atoms with E-state index in [0.29, 0.717) is 0 Å². The van der Waals surface area contributed by atoms with Gasteiger partial charge < -0.3 is 9.73 Å². The van der Waals surface area contributed by atoms with E-state index in [1.165, 1.54) is 0 Å². The first-order chi connectivity index (χ1) is 10.3. The van der Waals surface area contributed by atoms with Crippen LogP contribution in [0.4, 0.5) is 5.69 Å². The quantitative estimate of drug-likeness (QED) is 0.656. The third-order valence-corrected chi connectivity index (χ3v) is 3.61. The molecule has 0 unspecified atom stereocenters. The van der Waals surface area contributed by atoms with Gasteiger partial charge in [0.05, 0.1) is 10.2 Å². The molecule has 1 aromatic heterocycles. The molecule has 21 heavy (non-hydrogen) atoms. The summed E-state index contributed by atoms with van der Waals surface area (Å²) in [5.74, 6) is 1.54. The van der Waals surface area contributed by atoms with Gasteiger partial charge >= 0.3 is 0 Å². The Morgan fingerprint density at radius 2 is 1.43 bits per heavy atom. The van der Waals surface area contributed by atoms with Crippen molar-refractivity contribution in [2.24, 2.45) is 0 Å². The minimum atomic E-state index is 0.751. The number of anilines is 1. The number of benzene rings is 2. The van der Waals surface area contributed by atoms with Crippen LogP contribution >= 0.6 is 12.2 Å². The molecule has 2 aromatic carbocycles. The summed E-state index contributed by atoms with van der Waals surface area (Å²) >= 11 is 5.50. The Morgan fingerprint density at radius 3 is 2.00 bits per heavy atom. The summed E-state index contributed by atoms with van der Waals surface area (Å²) in [6, 6.07) is 21.9. The van der Waals surface area contributed by atoms with E-state index in [2.05, 4.69) is 5.32 Å². The zero-order valence-corrected chi connectivity index (χ0v) is 12.5. The Labute approximate surface area is 129 Å². The maximum atomic E-state index is 6.12. The van der Waals surface area contributed by atoms with Crippen molar-refractivity contribution in [3.8, 4) is 22.6 Å². The minimum absolute atomic E-state index is 0.751. The van der Waals surface area contributed by atoms with Crippen molar-refractivity contribution < 1.29 is 4.42 Å². The lowest BCUT2D eigenvalue weighted by molar-refractivity contribution is 0.583. The molecular weight excluding hydrogens is 278 g/mol. The van der Waals surface area contributed by atoms with Crippen LogP contribution in [0.2, 0.25) is 0 Å². The number of rotatable bonds is 3. The Hall–Kier alpha value is -2.39. The lowest BCUT2D eigenvalue weighted by Crippen LogP contribution is -1.94. The second-order valence-corrected chi connectivity index (χ2v) is 5.10. The predicted octanol–water partition coefficient (Wildman–Crippen LogP) is 5.38. The number of hydrogen-bond acceptors (Lipinski definition) is 3. The highest BCUT2D eigenvalue weighted by Crippen LogP contribution is 2.33. The molecule has 0 bridgehead atoms. The van der Waals surface area contributed by atoms with E-state index in [-0.39, 0.29) is 0 Å². The molecule has 2 nitrogen and oxygen atoms in total. The molecule has 3 aromatic rings. The molecule has 0 aliphatic carbocycles. The molecule has 104 valence electrons. The van der Waals surface area contributed by atoms with Gasteiger partial charge in [0.1, 0.15) is 5.76 Å². The standard InChI is InChI=1S/C18H15NOS/c1-19-17-16(21)12-15(13-8-4-2-5-9-13)20-18(17)14-10-6-3-7-11-14/h2-12,19H,1H3. The zero-order valence-electron chi connectivity index (χ0n) is 11.7. The molecule has 0 radical (unpaired) electrons. The Balaban J connectivity index is 2.23. The first-order valence-corrected chi connectivity index (χ1v) is 7.17. The van der Waals surface area contributed by atoms with Gasteiger partial charge in [0.2, 0.25) is 0 Å². The van der Waals surface area contributed by atoms with Crippen LogP contribution in [0.5, 0.6) is 0 Å². The Kier molecular flexibility index (Phi) is 3.84. The van der Waals surface area contributed by atoms with E-state index in [1.807, 2.05) is 73.8 Å². The van der Waals surface area contributed by atoms with Gasteiger partial charge in [-0.1, -0.05) is 72.9 Å². The van der Waals surface area contributed by atoms with Gasteiger partial charge in [0.25, 0.3) is 0 Å². The number of nitrogens with one attached hydrogen (secondary N) is 1. The first kappa shape index (κ1) is 13.6. The molecule has 1 heterocycles. The maximum absolute atomic E-state index is 6.12. The fourth-order valence-electron chi connectivity index (χ4n) is 2.27. The van der Waals surface area contributed by atoms with Gasteiger partial charge in [-0.2, -0.15) is 0 Å². The predicted molar refractivity (Wildman–Crippen MR) is 90.0 cm³/mol. The third kappa shape index (κ3) is 2.73. The van der Waals surface area contributed by atoms with Gasteiger partial charge in [-0.15, -0.1) is 0 Å². The second kappa shape index (κ2) is 5.94. The average Bonchev–Trinajstić information content (AvgIpc) is 2.55. The maximum Gasteiger partial charge on any atom is 0.159 e. The fraction of sp³-hybridized carbons (Fsp3) is 0.0556. The molecule has 0 amide bonds. The Bertz CT molecular complexity index is 794. The van der Waals surface area contributed by atoms with Crippen LogP contribution < -0.4 is 5.32 Å². The van der Waals surface area contributed by atoms with E-state index < -0.39 is 0 Å². The Morgan fingerprint density at radius 1 is 0.857 bits per heavy atom. The average molecular weight is 293 g/mol. The first-order valence-electron chi connectivity index (χ1n) is 6.76. The molecule has 0 spiro atoms. The molecule has 0 aliphatic rings. The van der Waals surface area contributed by atoms with Gasteiger partial charge in [0, 0.05) is 24.2 Å². The summed E-state index contributed by atoms with van der Waals surface area (Å²) in [7, 11) is 1.86. The molecule has 0 saturated carbocycles. The van der Waals surface area contributed by atoms with Crippen molar-refractivity contribution in [1.29, 1.82) is 0 Å². The van der Waals surface area contributed by atoms with E-state index in [0.717, 1.165) is 32.8 Å². The lowest BCUT2D eigenvalue weighted by Gasteiger charge is -2.11. The van der Waals surface area contributed by atoms with Crippen LogP contribution in [0, 0.1) is 4.51 Å². The summed E-state index contributed by atoms with van der Waals surface area (Å²) in [6.45, 7) is 0. The SMILES string of the molecule is CNc1c(-c2ccccc2)oc(-c2ccccc2)cc1=S. The van der Waals surface area contributed by atoms with Crippen LogP contribution in [0.1, 0.15) is 0 Å². The summed E-state index contributed by atoms with van der Waals surface area (Å²) < 4.78 is 6.87. The van der Waals surface area contributed by atoms with E-state index in [4.69, 9.17) is 16.6 Å². The molecule has 3 rings (SSSR count). The van der Waals surface area contributed by atoms with Crippen LogP contribution in [0.15, 0.2) is 71.1 Å². The van der Waals surface area contributed by atoms with E-state index >= 15 is 0 Å². The second-order valence-electron chi connectivity index (χ2n) is 4.66. The highest BCUT2D eigenvalue weighted by molar-refractivity contribution is 7.71. The van der Waals surface area contributed by atoms with Crippen molar-refractivity contribution in [3.63, 3.8) is 0 Å². The number of hydrogen-bond donors (Lipinski definition) is 1. The van der Waals surface area contributed by atoms with Gasteiger partial charge in [-0.3, -0.25) is 0 Å². The smallest absolute Gasteiger partial charge is 0.159 e. The molecular formula is C18H15NOS. The largest absolute Gasteiger partial charge is 0.454 e. The summed E-state index contributed by atoms with van der Waals surface area (Å²) in [6.07, 6.45) is 0. The highest BCUT2D eigenvalue weighted by Gasteiger charge is 2.11. The topological polar surface area (TPSA) is 25.2 Å². The molecule has 0 aliphatic heterocycles. The monoisotopic (exact) mass is 293 g/mol. The van der Waals surface area contributed by atoms with Crippen molar-refractivity contribution in [1.82, 2.24) is 0 Å². The van der Waals surface area contributed by atoms with Crippen molar-refractivity contribution in [3.05, 3.63) is 71.2 Å². The summed E-state index contributed by atoms with van der Waals surface area (Å²) in [5, 5.41) is 3.14. The molecule has 0 saturated heterocycles. The van der Waals surface area contributed by atoms with Gasteiger partial charge in [0.15, 0.2) is 5.76 Å². The van der Waals surface area contributed by atoms with Crippen LogP contribution in [0.25, 0.3) is 22.6 Å². The van der Waals surface area contributed by atoms with Gasteiger partial charge in [-0.25, -0.2) is 0 Å².